The molecule has 38 heavy (non-hydrogen) atoms. The number of aliphatic carboxylic acids is 1. The van der Waals surface area contributed by atoms with Crippen LogP contribution in [-0.4, -0.2) is 30.2 Å². The van der Waals surface area contributed by atoms with Gasteiger partial charge in [0.05, 0.1) is 5.92 Å². The van der Waals surface area contributed by atoms with Crippen molar-refractivity contribution < 1.29 is 14.7 Å². The molecule has 6 heteroatoms. The highest BCUT2D eigenvalue weighted by Crippen LogP contribution is 2.32. The third kappa shape index (κ3) is 9.25. The molecule has 3 rings (SSSR count). The van der Waals surface area contributed by atoms with Crippen molar-refractivity contribution in [3.63, 3.8) is 0 Å². The zero-order valence-corrected chi connectivity index (χ0v) is 23.4. The van der Waals surface area contributed by atoms with Crippen LogP contribution in [0.25, 0.3) is 0 Å². The average Bonchev–Trinajstić information content (AvgIpc) is 2.92. The summed E-state index contributed by atoms with van der Waals surface area (Å²) in [5.41, 5.74) is 2.91. The zero-order valence-electron chi connectivity index (χ0n) is 22.6. The Bertz CT molecular complexity index is 1130. The number of carbonyl (C=O) groups is 2. The number of anilines is 1. The predicted molar refractivity (Wildman–Crippen MR) is 157 cm³/mol. The fourth-order valence-electron chi connectivity index (χ4n) is 4.45. The lowest BCUT2D eigenvalue weighted by Crippen LogP contribution is -2.41. The Morgan fingerprint density at radius 2 is 1.61 bits per heavy atom. The number of rotatable bonds is 15. The van der Waals surface area contributed by atoms with E-state index in [0.717, 1.165) is 40.3 Å². The molecule has 0 aliphatic heterocycles. The van der Waals surface area contributed by atoms with Gasteiger partial charge < -0.3 is 10.4 Å². The summed E-state index contributed by atoms with van der Waals surface area (Å²) < 4.78 is 0. The first kappa shape index (κ1) is 29.3. The third-order valence-electron chi connectivity index (χ3n) is 6.62. The largest absolute Gasteiger partial charge is 0.481 e. The summed E-state index contributed by atoms with van der Waals surface area (Å²) in [6, 6.07) is 26.0. The lowest BCUT2D eigenvalue weighted by Gasteiger charge is -2.24. The third-order valence-corrected chi connectivity index (χ3v) is 7.61. The summed E-state index contributed by atoms with van der Waals surface area (Å²) in [6.07, 6.45) is 7.03. The summed E-state index contributed by atoms with van der Waals surface area (Å²) in [5.74, 6) is -1.28. The maximum absolute atomic E-state index is 13.3. The number of amides is 2. The molecule has 0 spiro atoms. The Labute approximate surface area is 231 Å². The Balaban J connectivity index is 1.68. The van der Waals surface area contributed by atoms with Gasteiger partial charge in [0.2, 0.25) is 0 Å². The van der Waals surface area contributed by atoms with E-state index in [2.05, 4.69) is 30.4 Å². The Kier molecular flexibility index (Phi) is 12.2. The minimum Gasteiger partial charge on any atom is -0.481 e. The quantitative estimate of drug-likeness (QED) is 0.194. The number of carboxylic acids is 1. The second kappa shape index (κ2) is 15.9. The second-order valence-electron chi connectivity index (χ2n) is 9.50. The molecule has 3 aromatic carbocycles. The molecular formula is C32H40N2O3S. The van der Waals surface area contributed by atoms with Crippen LogP contribution in [0.5, 0.6) is 0 Å². The summed E-state index contributed by atoms with van der Waals surface area (Å²) in [6.45, 7) is 5.36. The zero-order chi connectivity index (χ0) is 27.2. The maximum atomic E-state index is 13.3. The summed E-state index contributed by atoms with van der Waals surface area (Å²) in [5, 5.41) is 12.5. The molecule has 0 saturated heterocycles. The van der Waals surface area contributed by atoms with Gasteiger partial charge >= 0.3 is 12.0 Å². The number of hydrogen-bond acceptors (Lipinski definition) is 3. The van der Waals surface area contributed by atoms with Crippen molar-refractivity contribution in [3.8, 4) is 0 Å². The molecule has 1 atom stereocenters. The van der Waals surface area contributed by atoms with Crippen LogP contribution in [-0.2, 0) is 11.2 Å². The van der Waals surface area contributed by atoms with Crippen LogP contribution >= 0.6 is 11.8 Å². The van der Waals surface area contributed by atoms with Crippen molar-refractivity contribution in [1.82, 2.24) is 5.32 Å². The molecule has 0 heterocycles. The van der Waals surface area contributed by atoms with Gasteiger partial charge in [-0.25, -0.2) is 4.79 Å². The molecule has 0 radical (unpaired) electrons. The number of hydrogen-bond donors (Lipinski definition) is 2. The molecule has 0 aliphatic rings. The Morgan fingerprint density at radius 1 is 0.868 bits per heavy atom. The van der Waals surface area contributed by atoms with Gasteiger partial charge in [-0.05, 0) is 60.7 Å². The molecule has 2 amide bonds. The molecule has 5 nitrogen and oxygen atoms in total. The first-order valence-electron chi connectivity index (χ1n) is 13.7. The number of urea groups is 1. The van der Waals surface area contributed by atoms with Crippen LogP contribution in [0.3, 0.4) is 0 Å². The van der Waals surface area contributed by atoms with Gasteiger partial charge in [-0.3, -0.25) is 9.69 Å². The van der Waals surface area contributed by atoms with Crippen molar-refractivity contribution in [1.29, 1.82) is 0 Å². The normalized spacial score (nSPS) is 11.6. The van der Waals surface area contributed by atoms with Crippen LogP contribution in [0.1, 0.15) is 69.4 Å². The van der Waals surface area contributed by atoms with Crippen LogP contribution < -0.4 is 10.2 Å². The average molecular weight is 533 g/mol. The number of carbonyl (C=O) groups excluding carboxylic acids is 1. The number of carboxylic acid groups (broad SMARTS) is 1. The van der Waals surface area contributed by atoms with E-state index in [9.17, 15) is 14.7 Å². The smallest absolute Gasteiger partial charge is 0.321 e. The topological polar surface area (TPSA) is 69.6 Å². The van der Waals surface area contributed by atoms with Crippen LogP contribution in [0, 0.1) is 0 Å². The van der Waals surface area contributed by atoms with Gasteiger partial charge in [-0.15, -0.1) is 0 Å². The number of nitrogens with one attached hydrogen (secondary N) is 1. The number of unbranched alkanes of at least 4 members (excludes halogenated alkanes) is 4. The van der Waals surface area contributed by atoms with Crippen molar-refractivity contribution in [2.75, 3.05) is 18.0 Å². The molecule has 0 fully saturated rings. The SMILES string of the molecule is CCCCCCCN(C(=O)NCCc1ccccc1)c1cccc(Sc2ccc(C(CC)C(=O)O)cc2)c1. The highest BCUT2D eigenvalue weighted by atomic mass is 32.2. The lowest BCUT2D eigenvalue weighted by atomic mass is 9.97. The minimum absolute atomic E-state index is 0.0674. The number of nitrogens with zero attached hydrogens (tertiary/aromatic N) is 1. The van der Waals surface area contributed by atoms with Gasteiger partial charge in [-0.2, -0.15) is 0 Å². The summed E-state index contributed by atoms with van der Waals surface area (Å²) >= 11 is 1.61. The Hall–Kier alpha value is -3.25. The van der Waals surface area contributed by atoms with Crippen molar-refractivity contribution in [2.45, 2.75) is 74.5 Å². The van der Waals surface area contributed by atoms with Crippen LogP contribution in [0.4, 0.5) is 10.5 Å². The summed E-state index contributed by atoms with van der Waals surface area (Å²) in [7, 11) is 0. The van der Waals surface area contributed by atoms with E-state index in [1.165, 1.54) is 24.8 Å². The monoisotopic (exact) mass is 532 g/mol. The molecular weight excluding hydrogens is 492 g/mol. The second-order valence-corrected chi connectivity index (χ2v) is 10.6. The van der Waals surface area contributed by atoms with E-state index in [-0.39, 0.29) is 6.03 Å². The van der Waals surface area contributed by atoms with Gasteiger partial charge in [0, 0.05) is 28.6 Å². The molecule has 2 N–H and O–H groups in total. The fourth-order valence-corrected chi connectivity index (χ4v) is 5.32. The Morgan fingerprint density at radius 3 is 2.29 bits per heavy atom. The van der Waals surface area contributed by atoms with Crippen LogP contribution in [0.2, 0.25) is 0 Å². The van der Waals surface area contributed by atoms with E-state index < -0.39 is 11.9 Å². The highest BCUT2D eigenvalue weighted by molar-refractivity contribution is 7.99. The first-order chi connectivity index (χ1) is 18.5. The molecule has 1 unspecified atom stereocenters. The van der Waals surface area contributed by atoms with Crippen molar-refractivity contribution in [3.05, 3.63) is 90.0 Å². The van der Waals surface area contributed by atoms with E-state index in [4.69, 9.17) is 0 Å². The van der Waals surface area contributed by atoms with E-state index in [0.29, 0.717) is 19.5 Å². The molecule has 0 aliphatic carbocycles. The van der Waals surface area contributed by atoms with Gasteiger partial charge in [0.1, 0.15) is 0 Å². The van der Waals surface area contributed by atoms with Crippen LogP contribution in [0.15, 0.2) is 88.7 Å². The standard InChI is InChI=1S/C32H40N2O3S/c1-3-5-6-7-11-23-34(32(37)33-22-21-25-13-9-8-10-14-25)27-15-12-16-29(24-27)38-28-19-17-26(18-20-28)30(4-2)31(35)36/h8-10,12-20,24,30H,3-7,11,21-23H2,1-2H3,(H,33,37)(H,35,36). The molecule has 3 aromatic rings. The molecule has 202 valence electrons. The van der Waals surface area contributed by atoms with Crippen molar-refractivity contribution in [2.24, 2.45) is 0 Å². The van der Waals surface area contributed by atoms with E-state index >= 15 is 0 Å². The lowest BCUT2D eigenvalue weighted by molar-refractivity contribution is -0.138. The first-order valence-corrected chi connectivity index (χ1v) is 14.5. The molecule has 0 bridgehead atoms. The van der Waals surface area contributed by atoms with E-state index in [1.807, 2.05) is 72.5 Å². The maximum Gasteiger partial charge on any atom is 0.321 e. The highest BCUT2D eigenvalue weighted by Gasteiger charge is 2.18. The minimum atomic E-state index is -0.794. The van der Waals surface area contributed by atoms with Gasteiger partial charge in [0.25, 0.3) is 0 Å². The van der Waals surface area contributed by atoms with E-state index in [1.54, 1.807) is 11.8 Å². The molecule has 0 saturated carbocycles. The molecule has 0 aromatic heterocycles. The summed E-state index contributed by atoms with van der Waals surface area (Å²) in [4.78, 5) is 28.7. The van der Waals surface area contributed by atoms with Gasteiger partial charge in [-0.1, -0.05) is 99.8 Å². The van der Waals surface area contributed by atoms with Crippen molar-refractivity contribution >= 4 is 29.4 Å². The predicted octanol–water partition coefficient (Wildman–Crippen LogP) is 8.15. The fraction of sp³-hybridized carbons (Fsp3) is 0.375. The van der Waals surface area contributed by atoms with Gasteiger partial charge in [0.15, 0.2) is 0 Å². The number of benzene rings is 3.